The van der Waals surface area contributed by atoms with Gasteiger partial charge in [-0.3, -0.25) is 0 Å². The van der Waals surface area contributed by atoms with E-state index < -0.39 is 0 Å². The number of aldehydes is 1. The van der Waals surface area contributed by atoms with Crippen molar-refractivity contribution < 1.29 is 4.79 Å². The molecule has 1 saturated carbocycles. The predicted octanol–water partition coefficient (Wildman–Crippen LogP) is 2.93. The van der Waals surface area contributed by atoms with Crippen molar-refractivity contribution in [3.05, 3.63) is 16.1 Å². The van der Waals surface area contributed by atoms with E-state index in [-0.39, 0.29) is 0 Å². The molecule has 2 rings (SSSR count). The molecular formula is C11H15NOS. The van der Waals surface area contributed by atoms with Gasteiger partial charge in [0.25, 0.3) is 0 Å². The van der Waals surface area contributed by atoms with Crippen LogP contribution >= 0.6 is 11.3 Å². The highest BCUT2D eigenvalue weighted by molar-refractivity contribution is 7.09. The molecule has 0 spiro atoms. The van der Waals surface area contributed by atoms with Crippen LogP contribution in [0.25, 0.3) is 0 Å². The van der Waals surface area contributed by atoms with Crippen molar-refractivity contribution >= 4 is 17.6 Å². The Labute approximate surface area is 88.4 Å². The number of hydrogen-bond acceptors (Lipinski definition) is 3. The SMILES string of the molecule is O=CCc1nc(C2CCCCC2)cs1. The molecule has 1 aliphatic carbocycles. The van der Waals surface area contributed by atoms with E-state index in [0.717, 1.165) is 11.3 Å². The summed E-state index contributed by atoms with van der Waals surface area (Å²) in [4.78, 5) is 14.8. The highest BCUT2D eigenvalue weighted by Crippen LogP contribution is 2.32. The molecule has 0 amide bonds. The van der Waals surface area contributed by atoms with Crippen molar-refractivity contribution in [2.24, 2.45) is 0 Å². The summed E-state index contributed by atoms with van der Waals surface area (Å²) < 4.78 is 0. The number of rotatable bonds is 3. The lowest BCUT2D eigenvalue weighted by atomic mass is 9.87. The fourth-order valence-corrected chi connectivity index (χ4v) is 2.90. The second-order valence-corrected chi connectivity index (χ2v) is 4.81. The Hall–Kier alpha value is -0.700. The molecule has 76 valence electrons. The van der Waals surface area contributed by atoms with Gasteiger partial charge in [-0.15, -0.1) is 11.3 Å². The second-order valence-electron chi connectivity index (χ2n) is 3.87. The maximum absolute atomic E-state index is 10.3. The zero-order valence-electron chi connectivity index (χ0n) is 8.24. The van der Waals surface area contributed by atoms with Crippen LogP contribution in [-0.4, -0.2) is 11.3 Å². The summed E-state index contributed by atoms with van der Waals surface area (Å²) in [5.74, 6) is 0.667. The zero-order valence-corrected chi connectivity index (χ0v) is 9.05. The van der Waals surface area contributed by atoms with Crippen LogP contribution in [0.2, 0.25) is 0 Å². The van der Waals surface area contributed by atoms with Gasteiger partial charge >= 0.3 is 0 Å². The van der Waals surface area contributed by atoms with Gasteiger partial charge in [0.2, 0.25) is 0 Å². The maximum atomic E-state index is 10.3. The molecule has 14 heavy (non-hydrogen) atoms. The van der Waals surface area contributed by atoms with Crippen LogP contribution in [0.4, 0.5) is 0 Å². The molecule has 0 atom stereocenters. The van der Waals surface area contributed by atoms with E-state index in [9.17, 15) is 4.79 Å². The third-order valence-electron chi connectivity index (χ3n) is 2.85. The van der Waals surface area contributed by atoms with Gasteiger partial charge in [-0.2, -0.15) is 0 Å². The molecule has 0 N–H and O–H groups in total. The average Bonchev–Trinajstić information content (AvgIpc) is 2.68. The topological polar surface area (TPSA) is 30.0 Å². The largest absolute Gasteiger partial charge is 0.303 e. The van der Waals surface area contributed by atoms with Crippen molar-refractivity contribution in [2.75, 3.05) is 0 Å². The smallest absolute Gasteiger partial charge is 0.126 e. The number of nitrogens with zero attached hydrogens (tertiary/aromatic N) is 1. The van der Waals surface area contributed by atoms with Crippen LogP contribution in [-0.2, 0) is 11.2 Å². The second kappa shape index (κ2) is 4.69. The Morgan fingerprint density at radius 3 is 2.93 bits per heavy atom. The Morgan fingerprint density at radius 2 is 2.21 bits per heavy atom. The number of thiazole rings is 1. The van der Waals surface area contributed by atoms with Gasteiger partial charge in [-0.05, 0) is 12.8 Å². The molecule has 0 unspecified atom stereocenters. The summed E-state index contributed by atoms with van der Waals surface area (Å²) in [6.07, 6.45) is 8.04. The molecule has 1 aliphatic rings. The van der Waals surface area contributed by atoms with Crippen molar-refractivity contribution in [1.29, 1.82) is 0 Å². The maximum Gasteiger partial charge on any atom is 0.126 e. The molecule has 0 radical (unpaired) electrons. The Morgan fingerprint density at radius 1 is 1.43 bits per heavy atom. The Kier molecular flexibility index (Phi) is 3.30. The summed E-state index contributed by atoms with van der Waals surface area (Å²) in [6.45, 7) is 0. The van der Waals surface area contributed by atoms with Gasteiger partial charge in [0.15, 0.2) is 0 Å². The Bertz CT molecular complexity index is 302. The molecule has 1 heterocycles. The molecule has 1 aromatic rings. The van der Waals surface area contributed by atoms with Gasteiger partial charge < -0.3 is 4.79 Å². The molecular weight excluding hydrogens is 194 g/mol. The van der Waals surface area contributed by atoms with E-state index >= 15 is 0 Å². The minimum absolute atomic E-state index is 0.484. The van der Waals surface area contributed by atoms with Gasteiger partial charge in [0, 0.05) is 11.3 Å². The van der Waals surface area contributed by atoms with Crippen molar-refractivity contribution in [1.82, 2.24) is 4.98 Å². The van der Waals surface area contributed by atoms with Crippen LogP contribution in [0.15, 0.2) is 5.38 Å². The minimum atomic E-state index is 0.484. The number of aromatic nitrogens is 1. The van der Waals surface area contributed by atoms with Gasteiger partial charge in [0.1, 0.15) is 6.29 Å². The third kappa shape index (κ3) is 2.21. The molecule has 1 aromatic heterocycles. The monoisotopic (exact) mass is 209 g/mol. The molecule has 0 aromatic carbocycles. The molecule has 0 saturated heterocycles. The third-order valence-corrected chi connectivity index (χ3v) is 3.74. The van der Waals surface area contributed by atoms with E-state index in [1.54, 1.807) is 11.3 Å². The van der Waals surface area contributed by atoms with Crippen LogP contribution < -0.4 is 0 Å². The van der Waals surface area contributed by atoms with Crippen LogP contribution in [0.3, 0.4) is 0 Å². The first-order valence-electron chi connectivity index (χ1n) is 5.28. The number of carbonyl (C=O) groups excluding carboxylic acids is 1. The molecule has 2 nitrogen and oxygen atoms in total. The summed E-state index contributed by atoms with van der Waals surface area (Å²) >= 11 is 1.63. The van der Waals surface area contributed by atoms with E-state index in [1.807, 2.05) is 0 Å². The lowest BCUT2D eigenvalue weighted by Gasteiger charge is -2.19. The highest BCUT2D eigenvalue weighted by atomic mass is 32.1. The molecule has 3 heteroatoms. The van der Waals surface area contributed by atoms with E-state index in [2.05, 4.69) is 10.4 Å². The fraction of sp³-hybridized carbons (Fsp3) is 0.636. The number of carbonyl (C=O) groups is 1. The fourth-order valence-electron chi connectivity index (χ4n) is 2.08. The first-order valence-corrected chi connectivity index (χ1v) is 6.16. The summed E-state index contributed by atoms with van der Waals surface area (Å²) in [6, 6.07) is 0. The zero-order chi connectivity index (χ0) is 9.80. The molecule has 0 bridgehead atoms. The van der Waals surface area contributed by atoms with E-state index in [1.165, 1.54) is 37.8 Å². The molecule has 1 fully saturated rings. The van der Waals surface area contributed by atoms with E-state index in [0.29, 0.717) is 12.3 Å². The van der Waals surface area contributed by atoms with Gasteiger partial charge in [0.05, 0.1) is 17.1 Å². The number of hydrogen-bond donors (Lipinski definition) is 0. The first kappa shape index (κ1) is 9.84. The van der Waals surface area contributed by atoms with Gasteiger partial charge in [-0.1, -0.05) is 19.3 Å². The summed E-state index contributed by atoms with van der Waals surface area (Å²) in [5, 5.41) is 3.11. The van der Waals surface area contributed by atoms with Crippen LogP contribution in [0.5, 0.6) is 0 Å². The molecule has 0 aliphatic heterocycles. The Balaban J connectivity index is 2.03. The van der Waals surface area contributed by atoms with Gasteiger partial charge in [-0.25, -0.2) is 4.98 Å². The average molecular weight is 209 g/mol. The predicted molar refractivity (Wildman–Crippen MR) is 57.7 cm³/mol. The van der Waals surface area contributed by atoms with Crippen molar-refractivity contribution in [2.45, 2.75) is 44.4 Å². The van der Waals surface area contributed by atoms with Crippen LogP contribution in [0.1, 0.15) is 48.7 Å². The van der Waals surface area contributed by atoms with Crippen LogP contribution in [0, 0.1) is 0 Å². The quantitative estimate of drug-likeness (QED) is 0.716. The summed E-state index contributed by atoms with van der Waals surface area (Å²) in [7, 11) is 0. The minimum Gasteiger partial charge on any atom is -0.303 e. The van der Waals surface area contributed by atoms with Crippen molar-refractivity contribution in [3.8, 4) is 0 Å². The lowest BCUT2D eigenvalue weighted by Crippen LogP contribution is -2.04. The normalized spacial score (nSPS) is 18.3. The summed E-state index contributed by atoms with van der Waals surface area (Å²) in [5.41, 5.74) is 1.23. The highest BCUT2D eigenvalue weighted by Gasteiger charge is 2.17. The standard InChI is InChI=1S/C11H15NOS/c13-7-6-11-12-10(8-14-11)9-4-2-1-3-5-9/h7-9H,1-6H2. The van der Waals surface area contributed by atoms with E-state index in [4.69, 9.17) is 0 Å². The van der Waals surface area contributed by atoms with Crippen molar-refractivity contribution in [3.63, 3.8) is 0 Å². The first-order chi connectivity index (χ1) is 6.90. The lowest BCUT2D eigenvalue weighted by molar-refractivity contribution is -0.107.